The Morgan fingerprint density at radius 1 is 0.950 bits per heavy atom. The number of benzene rings is 3. The molecule has 8 nitrogen and oxygen atoms in total. The van der Waals surface area contributed by atoms with Crippen LogP contribution in [-0.2, 0) is 26.2 Å². The molecule has 4 rings (SSSR count). The Kier molecular flexibility index (Phi) is 9.47. The predicted octanol–water partition coefficient (Wildman–Crippen LogP) is 4.68. The molecular formula is C31H37N3O5S. The first-order chi connectivity index (χ1) is 19.2. The van der Waals surface area contributed by atoms with Gasteiger partial charge >= 0.3 is 0 Å². The van der Waals surface area contributed by atoms with Gasteiger partial charge < -0.3 is 15.0 Å². The zero-order valence-electron chi connectivity index (χ0n) is 23.2. The molecule has 3 aromatic rings. The molecule has 3 aromatic carbocycles. The molecule has 0 aromatic heterocycles. The first kappa shape index (κ1) is 29.1. The molecule has 0 radical (unpaired) electrons. The van der Waals surface area contributed by atoms with Crippen LogP contribution in [0.2, 0.25) is 0 Å². The van der Waals surface area contributed by atoms with Crippen molar-refractivity contribution in [3.05, 3.63) is 90.0 Å². The van der Waals surface area contributed by atoms with E-state index in [1.54, 1.807) is 68.6 Å². The fraction of sp³-hybridized carbons (Fsp3) is 0.355. The van der Waals surface area contributed by atoms with Gasteiger partial charge in [-0.15, -0.1) is 0 Å². The van der Waals surface area contributed by atoms with Gasteiger partial charge in [-0.25, -0.2) is 8.42 Å². The van der Waals surface area contributed by atoms with Gasteiger partial charge in [-0.1, -0.05) is 60.9 Å². The summed E-state index contributed by atoms with van der Waals surface area (Å²) in [7, 11) is -2.50. The van der Waals surface area contributed by atoms with Crippen LogP contribution in [0.1, 0.15) is 43.7 Å². The molecule has 1 saturated carbocycles. The fourth-order valence-electron chi connectivity index (χ4n) is 4.86. The van der Waals surface area contributed by atoms with Crippen LogP contribution in [0.15, 0.2) is 83.8 Å². The van der Waals surface area contributed by atoms with E-state index in [1.807, 2.05) is 19.1 Å². The number of hydrogen-bond donors (Lipinski definition) is 1. The van der Waals surface area contributed by atoms with Crippen molar-refractivity contribution in [3.63, 3.8) is 0 Å². The number of nitrogens with zero attached hydrogens (tertiary/aromatic N) is 2. The van der Waals surface area contributed by atoms with E-state index < -0.39 is 28.5 Å². The average molecular weight is 564 g/mol. The van der Waals surface area contributed by atoms with Crippen molar-refractivity contribution in [1.29, 1.82) is 0 Å². The van der Waals surface area contributed by atoms with E-state index in [0.717, 1.165) is 41.1 Å². The molecule has 0 aliphatic heterocycles. The van der Waals surface area contributed by atoms with Crippen LogP contribution >= 0.6 is 0 Å². The van der Waals surface area contributed by atoms with E-state index >= 15 is 0 Å². The van der Waals surface area contributed by atoms with Gasteiger partial charge in [0.25, 0.3) is 10.0 Å². The summed E-state index contributed by atoms with van der Waals surface area (Å²) < 4.78 is 34.0. The predicted molar refractivity (Wildman–Crippen MR) is 156 cm³/mol. The Balaban J connectivity index is 1.66. The topological polar surface area (TPSA) is 96.0 Å². The van der Waals surface area contributed by atoms with Crippen LogP contribution in [0.4, 0.5) is 5.69 Å². The molecule has 1 atom stereocenters. The SMILES string of the molecule is COc1ccc(CN(C(=O)CN(c2ccc(C)cc2)S(=O)(=O)c2ccccc2)C(C)C(=O)NC2CCCC2)cc1. The number of rotatable bonds is 11. The Morgan fingerprint density at radius 3 is 2.17 bits per heavy atom. The Morgan fingerprint density at radius 2 is 1.57 bits per heavy atom. The summed E-state index contributed by atoms with van der Waals surface area (Å²) in [6.07, 6.45) is 3.97. The van der Waals surface area contributed by atoms with Crippen molar-refractivity contribution in [2.75, 3.05) is 18.0 Å². The standard InChI is InChI=1S/C31H37N3O5S/c1-23-13-17-27(18-14-23)34(40(37,38)29-11-5-4-6-12-29)22-30(35)33(21-25-15-19-28(39-3)20-16-25)24(2)31(36)32-26-9-7-8-10-26/h4-6,11-20,24,26H,7-10,21-22H2,1-3H3,(H,32,36). The van der Waals surface area contributed by atoms with Gasteiger partial charge in [0.1, 0.15) is 18.3 Å². The van der Waals surface area contributed by atoms with Crippen molar-refractivity contribution in [2.45, 2.75) is 63.1 Å². The quantitative estimate of drug-likeness (QED) is 0.366. The number of anilines is 1. The van der Waals surface area contributed by atoms with Crippen LogP contribution in [0, 0.1) is 6.92 Å². The summed E-state index contributed by atoms with van der Waals surface area (Å²) in [4.78, 5) is 28.8. The minimum Gasteiger partial charge on any atom is -0.497 e. The van der Waals surface area contributed by atoms with Gasteiger partial charge in [-0.3, -0.25) is 13.9 Å². The summed E-state index contributed by atoms with van der Waals surface area (Å²) in [5, 5.41) is 3.08. The minimum absolute atomic E-state index is 0.0807. The molecule has 1 unspecified atom stereocenters. The molecule has 1 N–H and O–H groups in total. The number of sulfonamides is 1. The van der Waals surface area contributed by atoms with Crippen molar-refractivity contribution in [2.24, 2.45) is 0 Å². The summed E-state index contributed by atoms with van der Waals surface area (Å²) in [6, 6.07) is 21.6. The van der Waals surface area contributed by atoms with Gasteiger partial charge in [-0.2, -0.15) is 0 Å². The van der Waals surface area contributed by atoms with Crippen molar-refractivity contribution in [3.8, 4) is 5.75 Å². The number of aryl methyl sites for hydroxylation is 1. The molecule has 0 bridgehead atoms. The van der Waals surface area contributed by atoms with E-state index in [2.05, 4.69) is 5.32 Å². The molecule has 1 aliphatic rings. The highest BCUT2D eigenvalue weighted by Crippen LogP contribution is 2.25. The molecule has 9 heteroatoms. The largest absolute Gasteiger partial charge is 0.497 e. The maximum atomic E-state index is 14.0. The monoisotopic (exact) mass is 563 g/mol. The van der Waals surface area contributed by atoms with E-state index in [-0.39, 0.29) is 23.4 Å². The lowest BCUT2D eigenvalue weighted by atomic mass is 10.1. The van der Waals surface area contributed by atoms with Crippen molar-refractivity contribution < 1.29 is 22.7 Å². The second-order valence-electron chi connectivity index (χ2n) is 10.2. The first-order valence-electron chi connectivity index (χ1n) is 13.6. The minimum atomic E-state index is -4.07. The van der Waals surface area contributed by atoms with Crippen LogP contribution in [0.3, 0.4) is 0 Å². The van der Waals surface area contributed by atoms with Gasteiger partial charge in [0.2, 0.25) is 11.8 Å². The number of ether oxygens (including phenoxy) is 1. The second kappa shape index (κ2) is 13.0. The molecule has 0 saturated heterocycles. The third-order valence-electron chi connectivity index (χ3n) is 7.31. The zero-order chi connectivity index (χ0) is 28.7. The van der Waals surface area contributed by atoms with Crippen LogP contribution in [-0.4, -0.2) is 50.9 Å². The van der Waals surface area contributed by atoms with Crippen molar-refractivity contribution >= 4 is 27.5 Å². The first-order valence-corrected chi connectivity index (χ1v) is 15.0. The summed E-state index contributed by atoms with van der Waals surface area (Å²) in [5.74, 6) is -0.0558. The lowest BCUT2D eigenvalue weighted by molar-refractivity contribution is -0.139. The summed E-state index contributed by atoms with van der Waals surface area (Å²) >= 11 is 0. The molecule has 1 aliphatic carbocycles. The van der Waals surface area contributed by atoms with E-state index in [1.165, 1.54) is 17.0 Å². The smallest absolute Gasteiger partial charge is 0.264 e. The molecule has 212 valence electrons. The average Bonchev–Trinajstić information content (AvgIpc) is 3.48. The maximum absolute atomic E-state index is 14.0. The van der Waals surface area contributed by atoms with Gasteiger partial charge in [-0.05, 0) is 68.7 Å². The highest BCUT2D eigenvalue weighted by atomic mass is 32.2. The third-order valence-corrected chi connectivity index (χ3v) is 9.10. The highest BCUT2D eigenvalue weighted by Gasteiger charge is 2.33. The molecule has 0 spiro atoms. The molecular weight excluding hydrogens is 526 g/mol. The molecule has 0 heterocycles. The van der Waals surface area contributed by atoms with E-state index in [9.17, 15) is 18.0 Å². The van der Waals surface area contributed by atoms with Crippen LogP contribution < -0.4 is 14.4 Å². The summed E-state index contributed by atoms with van der Waals surface area (Å²) in [5.41, 5.74) is 2.13. The highest BCUT2D eigenvalue weighted by molar-refractivity contribution is 7.92. The molecule has 1 fully saturated rings. The molecule has 40 heavy (non-hydrogen) atoms. The summed E-state index contributed by atoms with van der Waals surface area (Å²) in [6.45, 7) is 3.27. The normalized spacial score (nSPS) is 14.4. The van der Waals surface area contributed by atoms with E-state index in [0.29, 0.717) is 11.4 Å². The second-order valence-corrected chi connectivity index (χ2v) is 12.1. The zero-order valence-corrected chi connectivity index (χ0v) is 24.1. The number of carbonyl (C=O) groups excluding carboxylic acids is 2. The molecule has 2 amide bonds. The lowest BCUT2D eigenvalue weighted by Crippen LogP contribution is -2.52. The number of methoxy groups -OCH3 is 1. The Labute approximate surface area is 237 Å². The van der Waals surface area contributed by atoms with Gasteiger partial charge in [0.15, 0.2) is 0 Å². The van der Waals surface area contributed by atoms with Crippen LogP contribution in [0.25, 0.3) is 0 Å². The fourth-order valence-corrected chi connectivity index (χ4v) is 6.30. The number of nitrogens with one attached hydrogen (secondary N) is 1. The van der Waals surface area contributed by atoms with Crippen molar-refractivity contribution in [1.82, 2.24) is 10.2 Å². The maximum Gasteiger partial charge on any atom is 0.264 e. The van der Waals surface area contributed by atoms with Gasteiger partial charge in [0.05, 0.1) is 17.7 Å². The Hall–Kier alpha value is -3.85. The third kappa shape index (κ3) is 7.01. The van der Waals surface area contributed by atoms with Gasteiger partial charge in [0, 0.05) is 12.6 Å². The number of carbonyl (C=O) groups is 2. The number of amides is 2. The van der Waals surface area contributed by atoms with E-state index in [4.69, 9.17) is 4.74 Å². The van der Waals surface area contributed by atoms with Crippen LogP contribution in [0.5, 0.6) is 5.75 Å². The lowest BCUT2D eigenvalue weighted by Gasteiger charge is -2.32. The Bertz CT molecular complexity index is 1390. The number of hydrogen-bond acceptors (Lipinski definition) is 5.